The van der Waals surface area contributed by atoms with Crippen LogP contribution in [-0.2, 0) is 11.3 Å². The van der Waals surface area contributed by atoms with Crippen LogP contribution in [0.2, 0.25) is 0 Å². The third-order valence-electron chi connectivity index (χ3n) is 5.79. The summed E-state index contributed by atoms with van der Waals surface area (Å²) in [7, 11) is 0. The maximum absolute atomic E-state index is 13.2. The Morgan fingerprint density at radius 1 is 1.23 bits per heavy atom. The molecule has 1 amide bonds. The zero-order chi connectivity index (χ0) is 18.1. The SMILES string of the molecule is CCn1c(C2CCN(C(=O)C(c3ccccc3)C3CC3)CC2)n[nH]c1=S. The summed E-state index contributed by atoms with van der Waals surface area (Å²) in [6, 6.07) is 10.3. The van der Waals surface area contributed by atoms with Crippen molar-refractivity contribution in [3.63, 3.8) is 0 Å². The van der Waals surface area contributed by atoms with Crippen LogP contribution in [-0.4, -0.2) is 38.7 Å². The summed E-state index contributed by atoms with van der Waals surface area (Å²) in [6.07, 6.45) is 4.26. The molecular weight excluding hydrogens is 344 g/mol. The Morgan fingerprint density at radius 3 is 2.54 bits per heavy atom. The van der Waals surface area contributed by atoms with E-state index in [1.165, 1.54) is 18.4 Å². The fourth-order valence-corrected chi connectivity index (χ4v) is 4.48. The van der Waals surface area contributed by atoms with Gasteiger partial charge in [-0.25, -0.2) is 0 Å². The van der Waals surface area contributed by atoms with E-state index < -0.39 is 0 Å². The number of nitrogens with zero attached hydrogens (tertiary/aromatic N) is 3. The van der Waals surface area contributed by atoms with E-state index in [9.17, 15) is 4.79 Å². The van der Waals surface area contributed by atoms with E-state index in [1.807, 2.05) is 18.2 Å². The van der Waals surface area contributed by atoms with Crippen molar-refractivity contribution in [2.24, 2.45) is 5.92 Å². The first kappa shape index (κ1) is 17.5. The molecule has 2 heterocycles. The Hall–Kier alpha value is -1.95. The van der Waals surface area contributed by atoms with Crippen molar-refractivity contribution < 1.29 is 4.79 Å². The number of aromatic nitrogens is 3. The monoisotopic (exact) mass is 370 g/mol. The molecule has 1 aliphatic carbocycles. The Labute approximate surface area is 159 Å². The second-order valence-corrected chi connectivity index (χ2v) is 7.84. The number of nitrogens with one attached hydrogen (secondary N) is 1. The van der Waals surface area contributed by atoms with Gasteiger partial charge in [0.15, 0.2) is 4.77 Å². The van der Waals surface area contributed by atoms with E-state index in [2.05, 4.69) is 38.7 Å². The van der Waals surface area contributed by atoms with Crippen molar-refractivity contribution >= 4 is 18.1 Å². The smallest absolute Gasteiger partial charge is 0.230 e. The molecule has 2 fully saturated rings. The van der Waals surface area contributed by atoms with Gasteiger partial charge in [-0.15, -0.1) is 0 Å². The van der Waals surface area contributed by atoms with Gasteiger partial charge < -0.3 is 9.47 Å². The van der Waals surface area contributed by atoms with Gasteiger partial charge in [0.1, 0.15) is 5.82 Å². The highest BCUT2D eigenvalue weighted by Gasteiger charge is 2.40. The molecule has 1 aromatic heterocycles. The normalized spacial score (nSPS) is 19.5. The first-order valence-corrected chi connectivity index (χ1v) is 10.1. The molecule has 26 heavy (non-hydrogen) atoms. The number of carbonyl (C=O) groups excluding carboxylic acids is 1. The molecule has 1 aliphatic heterocycles. The molecule has 4 rings (SSSR count). The van der Waals surface area contributed by atoms with Crippen LogP contribution in [0.25, 0.3) is 0 Å². The van der Waals surface area contributed by atoms with E-state index in [0.29, 0.717) is 22.5 Å². The van der Waals surface area contributed by atoms with Gasteiger partial charge >= 0.3 is 0 Å². The van der Waals surface area contributed by atoms with Crippen LogP contribution in [0, 0.1) is 10.7 Å². The molecule has 6 heteroatoms. The summed E-state index contributed by atoms with van der Waals surface area (Å²) in [4.78, 5) is 15.3. The Bertz CT molecular complexity index is 816. The number of carbonyl (C=O) groups is 1. The molecule has 138 valence electrons. The minimum atomic E-state index is 0.0398. The largest absolute Gasteiger partial charge is 0.342 e. The number of piperidine rings is 1. The third-order valence-corrected chi connectivity index (χ3v) is 6.11. The lowest BCUT2D eigenvalue weighted by Crippen LogP contribution is -2.41. The molecule has 0 bridgehead atoms. The van der Waals surface area contributed by atoms with Gasteiger partial charge in [-0.05, 0) is 56.3 Å². The Balaban J connectivity index is 1.45. The van der Waals surface area contributed by atoms with Gasteiger partial charge in [0.05, 0.1) is 5.92 Å². The molecule has 1 unspecified atom stereocenters. The van der Waals surface area contributed by atoms with Crippen LogP contribution in [0.5, 0.6) is 0 Å². The zero-order valence-electron chi connectivity index (χ0n) is 15.2. The van der Waals surface area contributed by atoms with Crippen molar-refractivity contribution in [1.29, 1.82) is 0 Å². The van der Waals surface area contributed by atoms with Crippen molar-refractivity contribution in [2.75, 3.05) is 13.1 Å². The molecule has 1 saturated heterocycles. The van der Waals surface area contributed by atoms with E-state index in [4.69, 9.17) is 12.2 Å². The van der Waals surface area contributed by atoms with E-state index in [1.54, 1.807) is 0 Å². The first-order chi connectivity index (χ1) is 12.7. The number of likely N-dealkylation sites (tertiary alicyclic amines) is 1. The molecule has 1 saturated carbocycles. The fraction of sp³-hybridized carbons (Fsp3) is 0.550. The van der Waals surface area contributed by atoms with Crippen molar-refractivity contribution in [3.05, 3.63) is 46.5 Å². The van der Waals surface area contributed by atoms with Crippen LogP contribution >= 0.6 is 12.2 Å². The number of aromatic amines is 1. The van der Waals surface area contributed by atoms with Crippen LogP contribution in [0.15, 0.2) is 30.3 Å². The number of hydrogen-bond acceptors (Lipinski definition) is 3. The first-order valence-electron chi connectivity index (χ1n) is 9.68. The molecule has 5 nitrogen and oxygen atoms in total. The highest BCUT2D eigenvalue weighted by Crippen LogP contribution is 2.44. The average molecular weight is 371 g/mol. The number of H-pyrrole nitrogens is 1. The minimum absolute atomic E-state index is 0.0398. The van der Waals surface area contributed by atoms with E-state index in [-0.39, 0.29) is 5.92 Å². The standard InChI is InChI=1S/C20H26N4OS/c1-2-24-18(21-22-20(24)26)16-10-12-23(13-11-16)19(25)17(15-8-9-15)14-6-4-3-5-7-14/h3-7,15-17H,2,8-13H2,1H3,(H,22,26). The molecule has 0 spiro atoms. The summed E-state index contributed by atoms with van der Waals surface area (Å²) < 4.78 is 2.77. The van der Waals surface area contributed by atoms with Gasteiger partial charge in [-0.1, -0.05) is 30.3 Å². The number of rotatable bonds is 5. The molecule has 2 aliphatic rings. The molecule has 1 atom stereocenters. The molecule has 1 aromatic carbocycles. The number of benzene rings is 1. The van der Waals surface area contributed by atoms with Gasteiger partial charge in [0.2, 0.25) is 5.91 Å². The van der Waals surface area contributed by atoms with Crippen molar-refractivity contribution in [2.45, 2.75) is 51.0 Å². The zero-order valence-corrected chi connectivity index (χ0v) is 16.0. The van der Waals surface area contributed by atoms with Gasteiger partial charge in [0, 0.05) is 25.6 Å². The topological polar surface area (TPSA) is 53.9 Å². The summed E-state index contributed by atoms with van der Waals surface area (Å²) in [5, 5.41) is 7.36. The fourth-order valence-electron chi connectivity index (χ4n) is 4.21. The van der Waals surface area contributed by atoms with Crippen LogP contribution in [0.1, 0.15) is 55.8 Å². The van der Waals surface area contributed by atoms with Gasteiger partial charge in [-0.3, -0.25) is 9.89 Å². The second-order valence-electron chi connectivity index (χ2n) is 7.46. The lowest BCUT2D eigenvalue weighted by atomic mass is 9.90. The summed E-state index contributed by atoms with van der Waals surface area (Å²) in [6.45, 7) is 4.54. The van der Waals surface area contributed by atoms with E-state index in [0.717, 1.165) is 38.3 Å². The van der Waals surface area contributed by atoms with Crippen LogP contribution < -0.4 is 0 Å². The van der Waals surface area contributed by atoms with Crippen molar-refractivity contribution in [3.8, 4) is 0 Å². The lowest BCUT2D eigenvalue weighted by molar-refractivity contribution is -0.134. The highest BCUT2D eigenvalue weighted by molar-refractivity contribution is 7.71. The van der Waals surface area contributed by atoms with E-state index >= 15 is 0 Å². The third kappa shape index (κ3) is 3.34. The quantitative estimate of drug-likeness (QED) is 0.813. The lowest BCUT2D eigenvalue weighted by Gasteiger charge is -2.34. The molecular formula is C20H26N4OS. The predicted octanol–water partition coefficient (Wildman–Crippen LogP) is 3.86. The van der Waals surface area contributed by atoms with Gasteiger partial charge in [-0.2, -0.15) is 5.10 Å². The van der Waals surface area contributed by atoms with Crippen molar-refractivity contribution in [1.82, 2.24) is 19.7 Å². The molecule has 0 radical (unpaired) electrons. The highest BCUT2D eigenvalue weighted by atomic mass is 32.1. The Morgan fingerprint density at radius 2 is 1.92 bits per heavy atom. The average Bonchev–Trinajstić information content (AvgIpc) is 3.44. The molecule has 1 N–H and O–H groups in total. The number of amides is 1. The summed E-state index contributed by atoms with van der Waals surface area (Å²) in [5.74, 6) is 2.30. The summed E-state index contributed by atoms with van der Waals surface area (Å²) >= 11 is 5.31. The van der Waals surface area contributed by atoms with Crippen LogP contribution in [0.4, 0.5) is 0 Å². The summed E-state index contributed by atoms with van der Waals surface area (Å²) in [5.41, 5.74) is 1.17. The predicted molar refractivity (Wildman–Crippen MR) is 104 cm³/mol. The second kappa shape index (κ2) is 7.35. The maximum Gasteiger partial charge on any atom is 0.230 e. The minimum Gasteiger partial charge on any atom is -0.342 e. The maximum atomic E-state index is 13.2. The number of hydrogen-bond donors (Lipinski definition) is 1. The Kier molecular flexibility index (Phi) is 4.94. The van der Waals surface area contributed by atoms with Crippen LogP contribution in [0.3, 0.4) is 0 Å². The molecule has 2 aromatic rings. The van der Waals surface area contributed by atoms with Gasteiger partial charge in [0.25, 0.3) is 0 Å².